The highest BCUT2D eigenvalue weighted by molar-refractivity contribution is 5.96. The molecule has 1 amide bonds. The second kappa shape index (κ2) is 6.63. The summed E-state index contributed by atoms with van der Waals surface area (Å²) in [6.07, 6.45) is 0.263. The van der Waals surface area contributed by atoms with E-state index in [0.29, 0.717) is 48.5 Å². The largest absolute Gasteiger partial charge is 0.486 e. The van der Waals surface area contributed by atoms with Gasteiger partial charge in [0, 0.05) is 30.3 Å². The van der Waals surface area contributed by atoms with E-state index in [-0.39, 0.29) is 24.1 Å². The molecule has 2 aliphatic rings. The van der Waals surface area contributed by atoms with Crippen LogP contribution in [0, 0.1) is 5.82 Å². The van der Waals surface area contributed by atoms with E-state index in [1.54, 1.807) is 29.2 Å². The van der Waals surface area contributed by atoms with Gasteiger partial charge in [0.25, 0.3) is 0 Å². The van der Waals surface area contributed by atoms with E-state index in [9.17, 15) is 9.18 Å². The normalized spacial score (nSPS) is 18.5. The first-order valence-electron chi connectivity index (χ1n) is 8.97. The molecule has 7 nitrogen and oxygen atoms in total. The Morgan fingerprint density at radius 2 is 1.93 bits per heavy atom. The number of carbonyl (C=O) groups is 1. The van der Waals surface area contributed by atoms with Gasteiger partial charge < -0.3 is 18.9 Å². The predicted molar refractivity (Wildman–Crippen MR) is 96.8 cm³/mol. The molecule has 3 heterocycles. The zero-order valence-corrected chi connectivity index (χ0v) is 14.8. The number of ether oxygens (including phenoxy) is 2. The number of aromatic nitrogens is 2. The molecule has 0 aliphatic carbocycles. The molecular formula is C20H16FN3O4. The summed E-state index contributed by atoms with van der Waals surface area (Å²) in [4.78, 5) is 18.6. The van der Waals surface area contributed by atoms with E-state index >= 15 is 0 Å². The maximum Gasteiger partial charge on any atom is 0.232 e. The number of rotatable bonds is 3. The molecule has 2 aliphatic heterocycles. The van der Waals surface area contributed by atoms with E-state index < -0.39 is 0 Å². The highest BCUT2D eigenvalue weighted by Gasteiger charge is 2.35. The fourth-order valence-electron chi connectivity index (χ4n) is 3.47. The van der Waals surface area contributed by atoms with Gasteiger partial charge >= 0.3 is 0 Å². The minimum Gasteiger partial charge on any atom is -0.486 e. The first-order valence-corrected chi connectivity index (χ1v) is 8.97. The smallest absolute Gasteiger partial charge is 0.232 e. The summed E-state index contributed by atoms with van der Waals surface area (Å²) in [5.74, 6) is 1.35. The summed E-state index contributed by atoms with van der Waals surface area (Å²) >= 11 is 0. The van der Waals surface area contributed by atoms with E-state index in [0.717, 1.165) is 5.69 Å². The van der Waals surface area contributed by atoms with Crippen molar-refractivity contribution < 1.29 is 23.2 Å². The SMILES string of the molecule is O=C1CC(c2nc(-c3cccc(F)c3)no2)CN1c1ccc2c(c1)OCCO2. The lowest BCUT2D eigenvalue weighted by atomic mass is 10.1. The molecule has 0 bridgehead atoms. The molecule has 2 aromatic carbocycles. The standard InChI is InChI=1S/C20H16FN3O4/c21-14-3-1-2-12(8-14)19-22-20(28-23-19)13-9-18(25)24(11-13)15-4-5-16-17(10-15)27-7-6-26-16/h1-5,8,10,13H,6-7,9,11H2. The topological polar surface area (TPSA) is 77.7 Å². The van der Waals surface area contributed by atoms with Crippen molar-refractivity contribution in [1.82, 2.24) is 10.1 Å². The highest BCUT2D eigenvalue weighted by Crippen LogP contribution is 2.37. The Hall–Kier alpha value is -3.42. The molecule has 0 spiro atoms. The number of hydrogen-bond donors (Lipinski definition) is 0. The second-order valence-corrected chi connectivity index (χ2v) is 6.70. The van der Waals surface area contributed by atoms with Crippen molar-refractivity contribution in [1.29, 1.82) is 0 Å². The number of carbonyl (C=O) groups excluding carboxylic acids is 1. The average molecular weight is 381 g/mol. The monoisotopic (exact) mass is 381 g/mol. The number of fused-ring (bicyclic) bond motifs is 1. The Balaban J connectivity index is 1.37. The van der Waals surface area contributed by atoms with Crippen molar-refractivity contribution in [2.75, 3.05) is 24.7 Å². The summed E-state index contributed by atoms with van der Waals surface area (Å²) in [6, 6.07) is 11.4. The summed E-state index contributed by atoms with van der Waals surface area (Å²) in [5, 5.41) is 3.93. The van der Waals surface area contributed by atoms with Gasteiger partial charge in [-0.1, -0.05) is 17.3 Å². The molecule has 1 fully saturated rings. The number of nitrogens with zero attached hydrogens (tertiary/aromatic N) is 3. The highest BCUT2D eigenvalue weighted by atomic mass is 19.1. The van der Waals surface area contributed by atoms with Gasteiger partial charge in [-0.25, -0.2) is 4.39 Å². The molecule has 1 aromatic heterocycles. The number of benzene rings is 2. The fraction of sp³-hybridized carbons (Fsp3) is 0.250. The van der Waals surface area contributed by atoms with Gasteiger partial charge in [-0.05, 0) is 24.3 Å². The average Bonchev–Trinajstić information content (AvgIpc) is 3.34. The summed E-state index contributed by atoms with van der Waals surface area (Å²) in [5.41, 5.74) is 1.27. The van der Waals surface area contributed by atoms with Crippen molar-refractivity contribution in [2.24, 2.45) is 0 Å². The summed E-state index contributed by atoms with van der Waals surface area (Å²) in [7, 11) is 0. The number of halogens is 1. The van der Waals surface area contributed by atoms with Crippen LogP contribution in [-0.2, 0) is 4.79 Å². The van der Waals surface area contributed by atoms with Gasteiger partial charge in [-0.15, -0.1) is 0 Å². The lowest BCUT2D eigenvalue weighted by Gasteiger charge is -2.22. The molecule has 1 unspecified atom stereocenters. The van der Waals surface area contributed by atoms with Crippen LogP contribution < -0.4 is 14.4 Å². The zero-order valence-electron chi connectivity index (χ0n) is 14.8. The molecule has 28 heavy (non-hydrogen) atoms. The molecule has 0 saturated carbocycles. The third-order valence-corrected chi connectivity index (χ3v) is 4.84. The fourth-order valence-corrected chi connectivity index (χ4v) is 3.47. The van der Waals surface area contributed by atoms with Gasteiger partial charge in [0.1, 0.15) is 19.0 Å². The Kier molecular flexibility index (Phi) is 3.96. The molecule has 1 atom stereocenters. The van der Waals surface area contributed by atoms with Crippen molar-refractivity contribution >= 4 is 11.6 Å². The Bertz CT molecular complexity index is 1050. The quantitative estimate of drug-likeness (QED) is 0.694. The molecule has 0 N–H and O–H groups in total. The van der Waals surface area contributed by atoms with Crippen LogP contribution in [0.2, 0.25) is 0 Å². The summed E-state index contributed by atoms with van der Waals surface area (Å²) < 4.78 is 29.9. The number of anilines is 1. The number of amides is 1. The second-order valence-electron chi connectivity index (χ2n) is 6.70. The van der Waals surface area contributed by atoms with Gasteiger partial charge in [0.2, 0.25) is 17.6 Å². The molecule has 8 heteroatoms. The Morgan fingerprint density at radius 3 is 2.79 bits per heavy atom. The van der Waals surface area contributed by atoms with E-state index in [1.807, 2.05) is 6.07 Å². The van der Waals surface area contributed by atoms with Crippen LogP contribution in [0.15, 0.2) is 47.0 Å². The van der Waals surface area contributed by atoms with Crippen LogP contribution in [-0.4, -0.2) is 35.8 Å². The van der Waals surface area contributed by atoms with Gasteiger partial charge in [-0.3, -0.25) is 4.79 Å². The third-order valence-electron chi connectivity index (χ3n) is 4.84. The van der Waals surface area contributed by atoms with Crippen molar-refractivity contribution in [3.63, 3.8) is 0 Å². The van der Waals surface area contributed by atoms with Crippen LogP contribution in [0.1, 0.15) is 18.2 Å². The molecule has 1 saturated heterocycles. The van der Waals surface area contributed by atoms with Crippen LogP contribution >= 0.6 is 0 Å². The van der Waals surface area contributed by atoms with E-state index in [4.69, 9.17) is 14.0 Å². The minimum atomic E-state index is -0.371. The Labute approximate surface area is 159 Å². The molecule has 142 valence electrons. The van der Waals surface area contributed by atoms with Crippen molar-refractivity contribution in [3.8, 4) is 22.9 Å². The zero-order chi connectivity index (χ0) is 19.1. The molecule has 3 aromatic rings. The van der Waals surface area contributed by atoms with E-state index in [2.05, 4.69) is 10.1 Å². The van der Waals surface area contributed by atoms with Crippen LogP contribution in [0.25, 0.3) is 11.4 Å². The number of hydrogen-bond acceptors (Lipinski definition) is 6. The van der Waals surface area contributed by atoms with Crippen LogP contribution in [0.3, 0.4) is 0 Å². The predicted octanol–water partition coefficient (Wildman–Crippen LogP) is 3.17. The lowest BCUT2D eigenvalue weighted by Crippen LogP contribution is -2.24. The molecule has 5 rings (SSSR count). The maximum absolute atomic E-state index is 13.4. The van der Waals surface area contributed by atoms with Crippen molar-refractivity contribution in [2.45, 2.75) is 12.3 Å². The maximum atomic E-state index is 13.4. The van der Waals surface area contributed by atoms with Crippen molar-refractivity contribution in [3.05, 3.63) is 54.2 Å². The molecular weight excluding hydrogens is 365 g/mol. The lowest BCUT2D eigenvalue weighted by molar-refractivity contribution is -0.117. The van der Waals surface area contributed by atoms with Gasteiger partial charge in [-0.2, -0.15) is 4.98 Å². The van der Waals surface area contributed by atoms with Gasteiger partial charge in [0.15, 0.2) is 11.5 Å². The summed E-state index contributed by atoms with van der Waals surface area (Å²) in [6.45, 7) is 1.42. The minimum absolute atomic E-state index is 0.0350. The van der Waals surface area contributed by atoms with E-state index in [1.165, 1.54) is 12.1 Å². The first kappa shape index (κ1) is 16.7. The van der Waals surface area contributed by atoms with Gasteiger partial charge in [0.05, 0.1) is 5.92 Å². The van der Waals surface area contributed by atoms with Crippen LogP contribution in [0.4, 0.5) is 10.1 Å². The van der Waals surface area contributed by atoms with Crippen LogP contribution in [0.5, 0.6) is 11.5 Å². The Morgan fingerprint density at radius 1 is 1.07 bits per heavy atom. The third kappa shape index (κ3) is 2.96. The first-order chi connectivity index (χ1) is 13.7. The molecule has 0 radical (unpaired) electrons.